The lowest BCUT2D eigenvalue weighted by Gasteiger charge is -2.27. The van der Waals surface area contributed by atoms with Crippen LogP contribution in [0.3, 0.4) is 0 Å². The van der Waals surface area contributed by atoms with Gasteiger partial charge in [0.1, 0.15) is 0 Å². The maximum atomic E-state index is 12.6. The highest BCUT2D eigenvalue weighted by Gasteiger charge is 2.22. The van der Waals surface area contributed by atoms with E-state index in [9.17, 15) is 8.42 Å². The van der Waals surface area contributed by atoms with Crippen molar-refractivity contribution in [2.75, 3.05) is 27.2 Å². The molecule has 0 saturated carbocycles. The van der Waals surface area contributed by atoms with E-state index in [1.54, 1.807) is 12.1 Å². The number of nitrogens with zero attached hydrogens (tertiary/aromatic N) is 1. The molecule has 0 fully saturated rings. The van der Waals surface area contributed by atoms with Gasteiger partial charge in [-0.05, 0) is 55.9 Å². The Bertz CT molecular complexity index is 817. The van der Waals surface area contributed by atoms with E-state index in [1.807, 2.05) is 43.3 Å². The molecule has 0 spiro atoms. The molecule has 2 aromatic carbocycles. The van der Waals surface area contributed by atoms with E-state index in [0.717, 1.165) is 25.1 Å². The third kappa shape index (κ3) is 4.46. The Hall–Kier alpha value is -1.73. The highest BCUT2D eigenvalue weighted by molar-refractivity contribution is 7.89. The molecule has 2 aromatic rings. The fourth-order valence-corrected chi connectivity index (χ4v) is 4.24. The Morgan fingerprint density at radius 3 is 2.56 bits per heavy atom. The van der Waals surface area contributed by atoms with Crippen molar-refractivity contribution in [3.63, 3.8) is 0 Å². The molecule has 0 saturated heterocycles. The van der Waals surface area contributed by atoms with E-state index in [1.165, 1.54) is 11.1 Å². The zero-order chi connectivity index (χ0) is 17.9. The fourth-order valence-electron chi connectivity index (χ4n) is 3.19. The van der Waals surface area contributed by atoms with Crippen molar-refractivity contribution < 1.29 is 8.42 Å². The van der Waals surface area contributed by atoms with Crippen LogP contribution in [-0.4, -0.2) is 40.5 Å². The summed E-state index contributed by atoms with van der Waals surface area (Å²) in [6, 6.07) is 15.3. The van der Waals surface area contributed by atoms with Crippen molar-refractivity contribution in [3.05, 3.63) is 65.2 Å². The third-order valence-corrected chi connectivity index (χ3v) is 5.86. The van der Waals surface area contributed by atoms with Gasteiger partial charge in [-0.15, -0.1) is 0 Å². The van der Waals surface area contributed by atoms with Crippen LogP contribution in [0.4, 0.5) is 0 Å². The van der Waals surface area contributed by atoms with Gasteiger partial charge < -0.3 is 10.2 Å². The second-order valence-corrected chi connectivity index (χ2v) is 8.46. The first-order chi connectivity index (χ1) is 12.0. The molecule has 3 rings (SSSR count). The molecule has 1 aliphatic heterocycles. The van der Waals surface area contributed by atoms with E-state index in [-0.39, 0.29) is 6.04 Å². The average Bonchev–Trinajstić information content (AvgIpc) is 2.60. The minimum atomic E-state index is -3.51. The molecule has 0 aliphatic carbocycles. The molecule has 0 aromatic heterocycles. The first-order valence-electron chi connectivity index (χ1n) is 8.50. The van der Waals surface area contributed by atoms with Crippen LogP contribution in [0.25, 0.3) is 0 Å². The van der Waals surface area contributed by atoms with Crippen LogP contribution >= 0.6 is 0 Å². The highest BCUT2D eigenvalue weighted by atomic mass is 32.2. The Morgan fingerprint density at radius 1 is 1.12 bits per heavy atom. The van der Waals surface area contributed by atoms with Gasteiger partial charge in [0.15, 0.2) is 0 Å². The zero-order valence-corrected chi connectivity index (χ0v) is 15.5. The minimum Gasteiger partial charge on any atom is -0.308 e. The number of hydrogen-bond acceptors (Lipinski definition) is 4. The second kappa shape index (κ2) is 7.66. The van der Waals surface area contributed by atoms with Crippen molar-refractivity contribution >= 4 is 10.0 Å². The lowest BCUT2D eigenvalue weighted by Crippen LogP contribution is -2.38. The first-order valence-corrected chi connectivity index (χ1v) is 9.98. The summed E-state index contributed by atoms with van der Waals surface area (Å²) in [6.07, 6.45) is 0.979. The molecular formula is C19H25N3O2S. The van der Waals surface area contributed by atoms with Crippen LogP contribution in [0.2, 0.25) is 0 Å². The lowest BCUT2D eigenvalue weighted by molar-refractivity contribution is 0.402. The number of benzene rings is 2. The second-order valence-electron chi connectivity index (χ2n) is 6.69. The van der Waals surface area contributed by atoms with Crippen LogP contribution in [0, 0.1) is 0 Å². The summed E-state index contributed by atoms with van der Waals surface area (Å²) in [5.41, 5.74) is 3.56. The van der Waals surface area contributed by atoms with Crippen molar-refractivity contribution in [3.8, 4) is 0 Å². The first kappa shape index (κ1) is 18.1. The quantitative estimate of drug-likeness (QED) is 0.827. The zero-order valence-electron chi connectivity index (χ0n) is 14.7. The Balaban J connectivity index is 1.68. The maximum absolute atomic E-state index is 12.6. The topological polar surface area (TPSA) is 61.4 Å². The molecular weight excluding hydrogens is 334 g/mol. The molecule has 1 aliphatic rings. The molecule has 134 valence electrons. The van der Waals surface area contributed by atoms with Crippen molar-refractivity contribution in [1.82, 2.24) is 14.9 Å². The fraction of sp³-hybridized carbons (Fsp3) is 0.368. The SMILES string of the molecule is CN(C)Cc1ccc(S(=O)(=O)NCC2NCCc3ccccc32)cc1. The molecule has 6 heteroatoms. The Labute approximate surface area is 150 Å². The molecule has 0 radical (unpaired) electrons. The highest BCUT2D eigenvalue weighted by Crippen LogP contribution is 2.22. The van der Waals surface area contributed by atoms with Gasteiger partial charge in [-0.2, -0.15) is 0 Å². The van der Waals surface area contributed by atoms with Crippen molar-refractivity contribution in [2.45, 2.75) is 23.9 Å². The minimum absolute atomic E-state index is 0.00717. The number of rotatable bonds is 6. The van der Waals surface area contributed by atoms with Gasteiger partial charge >= 0.3 is 0 Å². The maximum Gasteiger partial charge on any atom is 0.240 e. The number of fused-ring (bicyclic) bond motifs is 1. The smallest absolute Gasteiger partial charge is 0.240 e. The van der Waals surface area contributed by atoms with Gasteiger partial charge in [0.25, 0.3) is 0 Å². The molecule has 1 unspecified atom stereocenters. The Morgan fingerprint density at radius 2 is 1.84 bits per heavy atom. The third-order valence-electron chi connectivity index (χ3n) is 4.43. The summed E-state index contributed by atoms with van der Waals surface area (Å²) in [7, 11) is 0.464. The summed E-state index contributed by atoms with van der Waals surface area (Å²) in [6.45, 7) is 2.00. The summed E-state index contributed by atoms with van der Waals surface area (Å²) in [4.78, 5) is 2.35. The van der Waals surface area contributed by atoms with Gasteiger partial charge in [0, 0.05) is 19.1 Å². The van der Waals surface area contributed by atoms with E-state index in [4.69, 9.17) is 0 Å². The van der Waals surface area contributed by atoms with E-state index in [0.29, 0.717) is 11.4 Å². The normalized spacial score (nSPS) is 17.5. The molecule has 2 N–H and O–H groups in total. The lowest BCUT2D eigenvalue weighted by atomic mass is 9.95. The van der Waals surface area contributed by atoms with Crippen molar-refractivity contribution in [1.29, 1.82) is 0 Å². The predicted molar refractivity (Wildman–Crippen MR) is 99.9 cm³/mol. The molecule has 5 nitrogen and oxygen atoms in total. The number of hydrogen-bond donors (Lipinski definition) is 2. The van der Waals surface area contributed by atoms with Crippen LogP contribution in [0.5, 0.6) is 0 Å². The van der Waals surface area contributed by atoms with E-state index >= 15 is 0 Å². The average molecular weight is 359 g/mol. The molecule has 1 atom stereocenters. The van der Waals surface area contributed by atoms with Crippen LogP contribution in [0.15, 0.2) is 53.4 Å². The van der Waals surface area contributed by atoms with E-state index in [2.05, 4.69) is 22.2 Å². The largest absolute Gasteiger partial charge is 0.308 e. The summed E-state index contributed by atoms with van der Waals surface area (Å²) >= 11 is 0. The van der Waals surface area contributed by atoms with Gasteiger partial charge in [-0.25, -0.2) is 13.1 Å². The Kier molecular flexibility index (Phi) is 5.54. The monoisotopic (exact) mass is 359 g/mol. The summed E-state index contributed by atoms with van der Waals surface area (Å²) in [5.74, 6) is 0. The summed E-state index contributed by atoms with van der Waals surface area (Å²) in [5, 5.41) is 3.40. The van der Waals surface area contributed by atoms with Crippen LogP contribution < -0.4 is 10.0 Å². The van der Waals surface area contributed by atoms with Crippen LogP contribution in [-0.2, 0) is 23.0 Å². The van der Waals surface area contributed by atoms with Gasteiger partial charge in [0.05, 0.1) is 4.90 Å². The molecule has 0 amide bonds. The molecule has 1 heterocycles. The van der Waals surface area contributed by atoms with E-state index < -0.39 is 10.0 Å². The predicted octanol–water partition coefficient (Wildman–Crippen LogP) is 1.91. The van der Waals surface area contributed by atoms with Gasteiger partial charge in [-0.3, -0.25) is 0 Å². The van der Waals surface area contributed by atoms with Gasteiger partial charge in [-0.1, -0.05) is 36.4 Å². The number of sulfonamides is 1. The molecule has 0 bridgehead atoms. The standard InChI is InChI=1S/C19H25N3O2S/c1-22(2)14-15-7-9-17(10-8-15)25(23,24)21-13-19-18-6-4-3-5-16(18)11-12-20-19/h3-10,19-21H,11-14H2,1-2H3. The number of nitrogens with one attached hydrogen (secondary N) is 2. The summed E-state index contributed by atoms with van der Waals surface area (Å²) < 4.78 is 27.9. The molecule has 25 heavy (non-hydrogen) atoms. The van der Waals surface area contributed by atoms with Crippen molar-refractivity contribution in [2.24, 2.45) is 0 Å². The van der Waals surface area contributed by atoms with Crippen LogP contribution in [0.1, 0.15) is 22.7 Å². The van der Waals surface area contributed by atoms with Gasteiger partial charge in [0.2, 0.25) is 10.0 Å².